The van der Waals surface area contributed by atoms with Gasteiger partial charge in [0.2, 0.25) is 0 Å². The molecule has 0 aromatic rings. The summed E-state index contributed by atoms with van der Waals surface area (Å²) in [6, 6.07) is 0.292. The highest BCUT2D eigenvalue weighted by molar-refractivity contribution is 5.70. The van der Waals surface area contributed by atoms with Crippen LogP contribution in [-0.2, 0) is 4.79 Å². The van der Waals surface area contributed by atoms with Crippen molar-refractivity contribution in [2.24, 2.45) is 11.3 Å². The van der Waals surface area contributed by atoms with Crippen LogP contribution in [0.1, 0.15) is 39.5 Å². The van der Waals surface area contributed by atoms with E-state index in [1.807, 2.05) is 13.8 Å². The lowest BCUT2D eigenvalue weighted by Gasteiger charge is -2.31. The molecular weight excluding hydrogens is 206 g/mol. The minimum atomic E-state index is -0.673. The number of rotatable bonds is 5. The fourth-order valence-corrected chi connectivity index (χ4v) is 2.08. The van der Waals surface area contributed by atoms with Crippen LogP contribution in [0.25, 0.3) is 0 Å². The molecule has 1 aliphatic rings. The van der Waals surface area contributed by atoms with Gasteiger partial charge in [-0.25, -0.2) is 0 Å². The van der Waals surface area contributed by atoms with Gasteiger partial charge in [-0.15, -0.1) is 0 Å². The molecule has 0 amide bonds. The summed E-state index contributed by atoms with van der Waals surface area (Å²) in [5, 5.41) is 21.5. The van der Waals surface area contributed by atoms with Gasteiger partial charge in [0.1, 0.15) is 0 Å². The summed E-state index contributed by atoms with van der Waals surface area (Å²) in [6.07, 6.45) is 3.55. The van der Waals surface area contributed by atoms with E-state index in [0.29, 0.717) is 6.04 Å². The average molecular weight is 229 g/mol. The Bertz CT molecular complexity index is 240. The quantitative estimate of drug-likeness (QED) is 0.663. The van der Waals surface area contributed by atoms with Gasteiger partial charge in [0.05, 0.1) is 5.92 Å². The zero-order valence-corrected chi connectivity index (χ0v) is 10.2. The van der Waals surface area contributed by atoms with Crippen LogP contribution in [0.4, 0.5) is 0 Å². The van der Waals surface area contributed by atoms with E-state index in [1.165, 1.54) is 0 Å². The molecule has 1 rings (SSSR count). The number of nitrogens with one attached hydrogen (secondary N) is 1. The number of aliphatic hydroxyl groups is 1. The molecule has 0 aromatic heterocycles. The van der Waals surface area contributed by atoms with Crippen molar-refractivity contribution in [3.8, 4) is 0 Å². The summed E-state index contributed by atoms with van der Waals surface area (Å²) in [5.41, 5.74) is -0.129. The minimum absolute atomic E-state index is 0.129. The highest BCUT2D eigenvalue weighted by Gasteiger charge is 2.27. The maximum Gasteiger partial charge on any atom is 0.306 e. The van der Waals surface area contributed by atoms with Gasteiger partial charge in [0, 0.05) is 24.6 Å². The third-order valence-corrected chi connectivity index (χ3v) is 3.32. The summed E-state index contributed by atoms with van der Waals surface area (Å²) in [7, 11) is 0. The molecule has 1 aliphatic carbocycles. The van der Waals surface area contributed by atoms with Gasteiger partial charge < -0.3 is 15.5 Å². The monoisotopic (exact) mass is 229 g/mol. The highest BCUT2D eigenvalue weighted by atomic mass is 16.4. The minimum Gasteiger partial charge on any atom is -0.481 e. The van der Waals surface area contributed by atoms with Crippen molar-refractivity contribution in [2.75, 3.05) is 13.2 Å². The van der Waals surface area contributed by atoms with Crippen molar-refractivity contribution in [3.05, 3.63) is 0 Å². The van der Waals surface area contributed by atoms with E-state index in [0.717, 1.165) is 32.2 Å². The topological polar surface area (TPSA) is 69.6 Å². The van der Waals surface area contributed by atoms with Gasteiger partial charge in [-0.2, -0.15) is 0 Å². The van der Waals surface area contributed by atoms with E-state index in [2.05, 4.69) is 5.32 Å². The summed E-state index contributed by atoms with van der Waals surface area (Å²) in [4.78, 5) is 10.9. The van der Waals surface area contributed by atoms with Crippen LogP contribution in [-0.4, -0.2) is 35.4 Å². The molecule has 3 N–H and O–H groups in total. The third kappa shape index (κ3) is 4.10. The Morgan fingerprint density at radius 1 is 1.44 bits per heavy atom. The number of aliphatic carboxylic acids is 1. The van der Waals surface area contributed by atoms with Crippen molar-refractivity contribution in [2.45, 2.75) is 45.6 Å². The maximum atomic E-state index is 10.9. The van der Waals surface area contributed by atoms with E-state index in [9.17, 15) is 4.79 Å². The molecule has 4 nitrogen and oxygen atoms in total. The number of hydrogen-bond donors (Lipinski definition) is 3. The lowest BCUT2D eigenvalue weighted by Crippen LogP contribution is -2.42. The van der Waals surface area contributed by atoms with Crippen LogP contribution >= 0.6 is 0 Å². The Hall–Kier alpha value is -0.610. The predicted octanol–water partition coefficient (Wildman–Crippen LogP) is 1.24. The number of hydrogen-bond acceptors (Lipinski definition) is 3. The fourth-order valence-electron chi connectivity index (χ4n) is 2.08. The molecule has 2 atom stereocenters. The maximum absolute atomic E-state index is 10.9. The van der Waals surface area contributed by atoms with Crippen LogP contribution < -0.4 is 5.32 Å². The van der Waals surface area contributed by atoms with Crippen LogP contribution in [0.5, 0.6) is 0 Å². The molecule has 4 heteroatoms. The molecule has 2 unspecified atom stereocenters. The molecule has 0 spiro atoms. The van der Waals surface area contributed by atoms with Crippen LogP contribution in [0.3, 0.4) is 0 Å². The molecule has 0 heterocycles. The first-order valence-electron chi connectivity index (χ1n) is 6.01. The summed E-state index contributed by atoms with van der Waals surface area (Å²) >= 11 is 0. The molecular formula is C12H23NO3. The Labute approximate surface area is 97.0 Å². The van der Waals surface area contributed by atoms with Crippen molar-refractivity contribution >= 4 is 5.97 Å². The van der Waals surface area contributed by atoms with Crippen molar-refractivity contribution < 1.29 is 15.0 Å². The average Bonchev–Trinajstić information content (AvgIpc) is 2.27. The summed E-state index contributed by atoms with van der Waals surface area (Å²) < 4.78 is 0. The largest absolute Gasteiger partial charge is 0.481 e. The lowest BCUT2D eigenvalue weighted by atomic mass is 9.85. The Kier molecular flexibility index (Phi) is 4.74. The SMILES string of the molecule is CC(C)(CO)CNC1CCCC(C(=O)O)C1. The molecule has 1 fully saturated rings. The second-order valence-corrected chi connectivity index (χ2v) is 5.60. The van der Waals surface area contributed by atoms with Crippen molar-refractivity contribution in [3.63, 3.8) is 0 Å². The van der Waals surface area contributed by atoms with Gasteiger partial charge in [-0.3, -0.25) is 4.79 Å². The first kappa shape index (κ1) is 13.5. The predicted molar refractivity (Wildman–Crippen MR) is 62.3 cm³/mol. The molecule has 0 radical (unpaired) electrons. The molecule has 0 bridgehead atoms. The van der Waals surface area contributed by atoms with E-state index in [-0.39, 0.29) is 17.9 Å². The molecule has 1 saturated carbocycles. The first-order chi connectivity index (χ1) is 7.44. The first-order valence-corrected chi connectivity index (χ1v) is 6.01. The smallest absolute Gasteiger partial charge is 0.306 e. The molecule has 0 aromatic carbocycles. The van der Waals surface area contributed by atoms with E-state index in [4.69, 9.17) is 10.2 Å². The van der Waals surface area contributed by atoms with Crippen molar-refractivity contribution in [1.29, 1.82) is 0 Å². The zero-order valence-electron chi connectivity index (χ0n) is 10.2. The number of carboxylic acids is 1. The lowest BCUT2D eigenvalue weighted by molar-refractivity contribution is -0.143. The van der Waals surface area contributed by atoms with Crippen LogP contribution in [0, 0.1) is 11.3 Å². The number of carboxylic acid groups (broad SMARTS) is 1. The fraction of sp³-hybridized carbons (Fsp3) is 0.917. The molecule has 16 heavy (non-hydrogen) atoms. The van der Waals surface area contributed by atoms with Crippen LogP contribution in [0.15, 0.2) is 0 Å². The Morgan fingerprint density at radius 3 is 2.69 bits per heavy atom. The Balaban J connectivity index is 2.35. The third-order valence-electron chi connectivity index (χ3n) is 3.32. The number of carbonyl (C=O) groups is 1. The molecule has 0 saturated heterocycles. The molecule has 0 aliphatic heterocycles. The highest BCUT2D eigenvalue weighted by Crippen LogP contribution is 2.25. The van der Waals surface area contributed by atoms with Gasteiger partial charge in [-0.1, -0.05) is 20.3 Å². The second-order valence-electron chi connectivity index (χ2n) is 5.60. The normalized spacial score (nSPS) is 26.7. The van der Waals surface area contributed by atoms with Crippen molar-refractivity contribution in [1.82, 2.24) is 5.32 Å². The standard InChI is InChI=1S/C12H23NO3/c1-12(2,8-14)7-13-10-5-3-4-9(6-10)11(15)16/h9-10,13-14H,3-8H2,1-2H3,(H,15,16). The van der Waals surface area contributed by atoms with Crippen LogP contribution in [0.2, 0.25) is 0 Å². The summed E-state index contributed by atoms with van der Waals surface area (Å²) in [6.45, 7) is 4.88. The van der Waals surface area contributed by atoms with Gasteiger partial charge in [-0.05, 0) is 19.3 Å². The number of aliphatic hydroxyl groups excluding tert-OH is 1. The van der Waals surface area contributed by atoms with E-state index < -0.39 is 5.97 Å². The second kappa shape index (κ2) is 5.64. The zero-order chi connectivity index (χ0) is 12.2. The van der Waals surface area contributed by atoms with E-state index >= 15 is 0 Å². The summed E-state index contributed by atoms with van der Waals surface area (Å²) in [5.74, 6) is -0.864. The van der Waals surface area contributed by atoms with Gasteiger partial charge in [0.25, 0.3) is 0 Å². The van der Waals surface area contributed by atoms with Gasteiger partial charge >= 0.3 is 5.97 Å². The van der Waals surface area contributed by atoms with E-state index in [1.54, 1.807) is 0 Å². The van der Waals surface area contributed by atoms with Gasteiger partial charge in [0.15, 0.2) is 0 Å². The molecule has 94 valence electrons. The Morgan fingerprint density at radius 2 is 2.12 bits per heavy atom.